The molecule has 3 N–H and O–H groups in total. The number of nitrogens with two attached hydrogens (primary N) is 1. The van der Waals surface area contributed by atoms with Crippen LogP contribution in [0.4, 0.5) is 0 Å². The quantitative estimate of drug-likeness (QED) is 0.834. The van der Waals surface area contributed by atoms with Gasteiger partial charge in [-0.3, -0.25) is 4.79 Å². The topological polar surface area (TPSA) is 64.3 Å². The van der Waals surface area contributed by atoms with E-state index in [-0.39, 0.29) is 12.5 Å². The highest BCUT2D eigenvalue weighted by molar-refractivity contribution is 5.78. The number of carbonyl (C=O) groups is 1. The summed E-state index contributed by atoms with van der Waals surface area (Å²) in [4.78, 5) is 11.9. The third-order valence-electron chi connectivity index (χ3n) is 3.78. The summed E-state index contributed by atoms with van der Waals surface area (Å²) in [6.07, 6.45) is 5.37. The molecule has 0 radical (unpaired) electrons. The fourth-order valence-corrected chi connectivity index (χ4v) is 2.75. The fraction of sp³-hybridized carbons (Fsp3) is 0.562. The summed E-state index contributed by atoms with van der Waals surface area (Å²) in [7, 11) is 0. The first-order valence-corrected chi connectivity index (χ1v) is 7.41. The van der Waals surface area contributed by atoms with Crippen molar-refractivity contribution in [3.63, 3.8) is 0 Å². The summed E-state index contributed by atoms with van der Waals surface area (Å²) in [5.41, 5.74) is 7.73. The van der Waals surface area contributed by atoms with Gasteiger partial charge in [-0.05, 0) is 43.9 Å². The lowest BCUT2D eigenvalue weighted by atomic mass is 10.1. The number of rotatable bonds is 6. The van der Waals surface area contributed by atoms with Crippen LogP contribution in [0.25, 0.3) is 0 Å². The summed E-state index contributed by atoms with van der Waals surface area (Å²) in [5, 5.41) is 3.03. The van der Waals surface area contributed by atoms with E-state index in [1.54, 1.807) is 0 Å². The van der Waals surface area contributed by atoms with Gasteiger partial charge in [-0.15, -0.1) is 0 Å². The first kappa shape index (κ1) is 14.9. The average molecular weight is 276 g/mol. The van der Waals surface area contributed by atoms with Gasteiger partial charge >= 0.3 is 0 Å². The SMILES string of the molecule is Cc1cccc(CCN)c1OCC(=O)NC1CCCC1. The molecule has 0 heterocycles. The second-order valence-electron chi connectivity index (χ2n) is 5.44. The maximum Gasteiger partial charge on any atom is 0.258 e. The Morgan fingerprint density at radius 3 is 2.85 bits per heavy atom. The minimum Gasteiger partial charge on any atom is -0.483 e. The molecule has 1 fully saturated rings. The smallest absolute Gasteiger partial charge is 0.258 e. The van der Waals surface area contributed by atoms with Crippen LogP contribution >= 0.6 is 0 Å². The minimum absolute atomic E-state index is 0.0288. The van der Waals surface area contributed by atoms with E-state index in [0.29, 0.717) is 12.6 Å². The highest BCUT2D eigenvalue weighted by Gasteiger charge is 2.17. The van der Waals surface area contributed by atoms with Crippen LogP contribution in [0.1, 0.15) is 36.8 Å². The molecule has 110 valence electrons. The highest BCUT2D eigenvalue weighted by atomic mass is 16.5. The Labute approximate surface area is 120 Å². The summed E-state index contributed by atoms with van der Waals surface area (Å²) in [6, 6.07) is 6.33. The Kier molecular flexibility index (Phi) is 5.41. The molecule has 4 heteroatoms. The Bertz CT molecular complexity index is 454. The molecule has 20 heavy (non-hydrogen) atoms. The zero-order valence-electron chi connectivity index (χ0n) is 12.2. The third kappa shape index (κ3) is 3.97. The van der Waals surface area contributed by atoms with Crippen LogP contribution in [0, 0.1) is 6.92 Å². The molecule has 0 bridgehead atoms. The second-order valence-corrected chi connectivity index (χ2v) is 5.44. The molecule has 0 aromatic heterocycles. The van der Waals surface area contributed by atoms with Gasteiger partial charge in [0, 0.05) is 6.04 Å². The fourth-order valence-electron chi connectivity index (χ4n) is 2.75. The zero-order chi connectivity index (χ0) is 14.4. The Morgan fingerprint density at radius 2 is 2.15 bits per heavy atom. The van der Waals surface area contributed by atoms with Crippen LogP contribution in [-0.2, 0) is 11.2 Å². The van der Waals surface area contributed by atoms with Gasteiger partial charge in [0.05, 0.1) is 0 Å². The van der Waals surface area contributed by atoms with Gasteiger partial charge in [-0.25, -0.2) is 0 Å². The van der Waals surface area contributed by atoms with Crippen molar-refractivity contribution in [3.8, 4) is 5.75 Å². The van der Waals surface area contributed by atoms with E-state index >= 15 is 0 Å². The maximum absolute atomic E-state index is 11.9. The van der Waals surface area contributed by atoms with E-state index in [0.717, 1.165) is 36.1 Å². The Hall–Kier alpha value is -1.55. The molecule has 0 saturated heterocycles. The highest BCUT2D eigenvalue weighted by Crippen LogP contribution is 2.23. The normalized spacial score (nSPS) is 15.3. The standard InChI is InChI=1S/C16H24N2O2/c1-12-5-4-6-13(9-10-17)16(12)20-11-15(19)18-14-7-2-3-8-14/h4-6,14H,2-3,7-11,17H2,1H3,(H,18,19). The number of benzene rings is 1. The number of carbonyl (C=O) groups excluding carboxylic acids is 1. The molecule has 1 aromatic rings. The van der Waals surface area contributed by atoms with Gasteiger partial charge < -0.3 is 15.8 Å². The zero-order valence-corrected chi connectivity index (χ0v) is 12.2. The summed E-state index contributed by atoms with van der Waals surface area (Å²) < 4.78 is 5.72. The van der Waals surface area contributed by atoms with Crippen LogP contribution in [0.2, 0.25) is 0 Å². The minimum atomic E-state index is -0.0288. The van der Waals surface area contributed by atoms with Crippen LogP contribution in [0.5, 0.6) is 5.75 Å². The molecule has 1 saturated carbocycles. The molecular formula is C16H24N2O2. The Morgan fingerprint density at radius 1 is 1.40 bits per heavy atom. The number of ether oxygens (including phenoxy) is 1. The average Bonchev–Trinajstić information content (AvgIpc) is 2.91. The molecule has 0 spiro atoms. The molecule has 1 aromatic carbocycles. The van der Waals surface area contributed by atoms with Crippen molar-refractivity contribution >= 4 is 5.91 Å². The number of amides is 1. The van der Waals surface area contributed by atoms with Crippen molar-refractivity contribution in [2.45, 2.75) is 45.1 Å². The molecule has 1 aliphatic rings. The van der Waals surface area contributed by atoms with E-state index in [9.17, 15) is 4.79 Å². The summed E-state index contributed by atoms with van der Waals surface area (Å²) in [5.74, 6) is 0.776. The van der Waals surface area contributed by atoms with Crippen molar-refractivity contribution in [1.29, 1.82) is 0 Å². The van der Waals surface area contributed by atoms with E-state index in [4.69, 9.17) is 10.5 Å². The van der Waals surface area contributed by atoms with Gasteiger partial charge in [0.25, 0.3) is 5.91 Å². The van der Waals surface area contributed by atoms with Crippen molar-refractivity contribution in [3.05, 3.63) is 29.3 Å². The molecule has 0 aliphatic heterocycles. The summed E-state index contributed by atoms with van der Waals surface area (Å²) in [6.45, 7) is 2.65. The predicted octanol–water partition coefficient (Wildman–Crippen LogP) is 1.93. The lowest BCUT2D eigenvalue weighted by Crippen LogP contribution is -2.36. The molecule has 2 rings (SSSR count). The number of hydrogen-bond acceptors (Lipinski definition) is 3. The van der Waals surface area contributed by atoms with Gasteiger partial charge in [0.2, 0.25) is 0 Å². The lowest BCUT2D eigenvalue weighted by Gasteiger charge is -2.15. The Balaban J connectivity index is 1.90. The molecule has 0 atom stereocenters. The van der Waals surface area contributed by atoms with Crippen LogP contribution in [0.15, 0.2) is 18.2 Å². The van der Waals surface area contributed by atoms with Gasteiger partial charge in [0.1, 0.15) is 5.75 Å². The molecular weight excluding hydrogens is 252 g/mol. The molecule has 4 nitrogen and oxygen atoms in total. The summed E-state index contributed by atoms with van der Waals surface area (Å²) >= 11 is 0. The van der Waals surface area contributed by atoms with Crippen LogP contribution in [0.3, 0.4) is 0 Å². The number of para-hydroxylation sites is 1. The third-order valence-corrected chi connectivity index (χ3v) is 3.78. The maximum atomic E-state index is 11.9. The van der Waals surface area contributed by atoms with Gasteiger partial charge in [-0.2, -0.15) is 0 Å². The van der Waals surface area contributed by atoms with E-state index < -0.39 is 0 Å². The molecule has 1 aliphatic carbocycles. The van der Waals surface area contributed by atoms with E-state index in [2.05, 4.69) is 5.32 Å². The first-order chi connectivity index (χ1) is 9.70. The van der Waals surface area contributed by atoms with Crippen molar-refractivity contribution in [1.82, 2.24) is 5.32 Å². The number of aryl methyl sites for hydroxylation is 1. The van der Waals surface area contributed by atoms with E-state index in [1.165, 1.54) is 12.8 Å². The number of nitrogens with one attached hydrogen (secondary N) is 1. The van der Waals surface area contributed by atoms with Crippen LogP contribution < -0.4 is 15.8 Å². The van der Waals surface area contributed by atoms with Crippen molar-refractivity contribution < 1.29 is 9.53 Å². The largest absolute Gasteiger partial charge is 0.483 e. The predicted molar refractivity (Wildman–Crippen MR) is 79.8 cm³/mol. The van der Waals surface area contributed by atoms with Crippen molar-refractivity contribution in [2.24, 2.45) is 5.73 Å². The van der Waals surface area contributed by atoms with Gasteiger partial charge in [-0.1, -0.05) is 31.0 Å². The molecule has 1 amide bonds. The van der Waals surface area contributed by atoms with E-state index in [1.807, 2.05) is 25.1 Å². The van der Waals surface area contributed by atoms with Gasteiger partial charge in [0.15, 0.2) is 6.61 Å². The number of hydrogen-bond donors (Lipinski definition) is 2. The monoisotopic (exact) mass is 276 g/mol. The van der Waals surface area contributed by atoms with Crippen LogP contribution in [-0.4, -0.2) is 25.1 Å². The first-order valence-electron chi connectivity index (χ1n) is 7.41. The van der Waals surface area contributed by atoms with Crippen molar-refractivity contribution in [2.75, 3.05) is 13.2 Å². The molecule has 0 unspecified atom stereocenters. The second kappa shape index (κ2) is 7.29. The lowest BCUT2D eigenvalue weighted by molar-refractivity contribution is -0.123.